The molecule has 0 aromatic heterocycles. The molecule has 2 aromatic carbocycles. The summed E-state index contributed by atoms with van der Waals surface area (Å²) in [5, 5.41) is 0. The molecule has 0 saturated heterocycles. The number of ether oxygens (including phenoxy) is 1. The van der Waals surface area contributed by atoms with Crippen LogP contribution in [-0.2, 0) is 12.6 Å². The van der Waals surface area contributed by atoms with E-state index in [2.05, 4.69) is 6.92 Å². The van der Waals surface area contributed by atoms with Crippen molar-refractivity contribution in [3.8, 4) is 5.75 Å². The molecule has 0 aliphatic rings. The molecule has 0 spiro atoms. The van der Waals surface area contributed by atoms with Gasteiger partial charge in [0.2, 0.25) is 0 Å². The second-order valence-electron chi connectivity index (χ2n) is 9.41. The Labute approximate surface area is 234 Å². The van der Waals surface area contributed by atoms with Gasteiger partial charge in [-0.25, -0.2) is 0 Å². The van der Waals surface area contributed by atoms with Crippen molar-refractivity contribution >= 4 is 30.4 Å². The van der Waals surface area contributed by atoms with E-state index in [4.69, 9.17) is 7.25 Å². The fraction of sp³-hybridized carbons (Fsp3) is 0.586. The summed E-state index contributed by atoms with van der Waals surface area (Å²) in [6, 6.07) is 14.7. The molecule has 0 radical (unpaired) electrons. The number of halogens is 4. The summed E-state index contributed by atoms with van der Waals surface area (Å²) < 4.78 is 73.8. The number of rotatable bonds is 20. The van der Waals surface area contributed by atoms with Gasteiger partial charge in [0.05, 0.1) is 0 Å². The molecular formula is C29H42F3IO4S. The summed E-state index contributed by atoms with van der Waals surface area (Å²) in [6.45, 7) is 2.82. The van der Waals surface area contributed by atoms with Crippen molar-refractivity contribution in [1.29, 1.82) is 0 Å². The first-order valence-electron chi connectivity index (χ1n) is 13.7. The van der Waals surface area contributed by atoms with Crippen LogP contribution in [0.2, 0.25) is 0 Å². The Balaban J connectivity index is 1.67. The minimum atomic E-state index is -5.70. The molecule has 0 unspecified atom stereocenters. The number of unbranched alkanes of at least 4 members (excludes halogenated alkanes) is 13. The van der Waals surface area contributed by atoms with Crippen molar-refractivity contribution in [2.45, 2.75) is 102 Å². The van der Waals surface area contributed by atoms with Gasteiger partial charge >= 0.3 is 177 Å². The molecule has 216 valence electrons. The summed E-state index contributed by atoms with van der Waals surface area (Å²) in [5.74, 6) is 0.603. The average molecular weight is 671 g/mol. The fourth-order valence-electron chi connectivity index (χ4n) is 3.98. The van der Waals surface area contributed by atoms with Crippen LogP contribution in [0.25, 0.3) is 0 Å². The fourth-order valence-corrected chi connectivity index (χ4v) is 10.4. The van der Waals surface area contributed by atoms with Crippen LogP contribution in [-0.4, -0.2) is 20.5 Å². The van der Waals surface area contributed by atoms with E-state index in [9.17, 15) is 21.6 Å². The van der Waals surface area contributed by atoms with Crippen LogP contribution < -0.4 is 4.74 Å². The molecule has 4 nitrogen and oxygen atoms in total. The molecule has 2 aromatic rings. The first-order chi connectivity index (χ1) is 18.2. The zero-order chi connectivity index (χ0) is 27.7. The average Bonchev–Trinajstić information content (AvgIpc) is 2.90. The molecule has 0 amide bonds. The van der Waals surface area contributed by atoms with E-state index in [0.29, 0.717) is 19.5 Å². The number of benzene rings is 2. The topological polar surface area (TPSA) is 52.6 Å². The molecule has 0 atom stereocenters. The minimum absolute atomic E-state index is 0.442. The third-order valence-corrected chi connectivity index (χ3v) is 13.2. The predicted octanol–water partition coefficient (Wildman–Crippen LogP) is 9.87. The Morgan fingerprint density at radius 1 is 0.658 bits per heavy atom. The van der Waals surface area contributed by atoms with Crippen LogP contribution >= 0.6 is 20.2 Å². The first kappa shape index (κ1) is 32.9. The zero-order valence-electron chi connectivity index (χ0n) is 22.4. The summed E-state index contributed by atoms with van der Waals surface area (Å²) in [4.78, 5) is 0. The number of hydrogen-bond donors (Lipinski definition) is 0. The monoisotopic (exact) mass is 670 g/mol. The molecule has 0 bridgehead atoms. The summed E-state index contributed by atoms with van der Waals surface area (Å²) in [6.07, 6.45) is 18.0. The van der Waals surface area contributed by atoms with Gasteiger partial charge in [0.15, 0.2) is 0 Å². The van der Waals surface area contributed by atoms with Gasteiger partial charge in [0.1, 0.15) is 0 Å². The Bertz CT molecular complexity index is 983. The first-order valence-corrected chi connectivity index (χ1v) is 18.2. The second-order valence-corrected chi connectivity index (χ2v) is 15.9. The molecular weight excluding hydrogens is 628 g/mol. The van der Waals surface area contributed by atoms with Crippen molar-refractivity contribution in [2.24, 2.45) is 0 Å². The maximum atomic E-state index is 13.0. The van der Waals surface area contributed by atoms with E-state index in [1.807, 2.05) is 0 Å². The molecule has 0 N–H and O–H groups in total. The third kappa shape index (κ3) is 12.7. The quantitative estimate of drug-likeness (QED) is 0.0800. The van der Waals surface area contributed by atoms with Crippen molar-refractivity contribution in [3.05, 3.63) is 61.7 Å². The SMILES string of the molecule is CCCCCCCCCCCCCCCCOc1ccc(I(OS(=O)(=O)C(F)(F)F)c2ccccc2)cc1. The van der Waals surface area contributed by atoms with Crippen LogP contribution in [0.3, 0.4) is 0 Å². The van der Waals surface area contributed by atoms with E-state index in [-0.39, 0.29) is 0 Å². The van der Waals surface area contributed by atoms with E-state index in [0.717, 1.165) is 12.8 Å². The maximum absolute atomic E-state index is 13.0. The Morgan fingerprint density at radius 2 is 1.11 bits per heavy atom. The summed E-state index contributed by atoms with van der Waals surface area (Å²) >= 11 is -3.34. The van der Waals surface area contributed by atoms with Crippen molar-refractivity contribution in [1.82, 2.24) is 0 Å². The summed E-state index contributed by atoms with van der Waals surface area (Å²) in [7, 11) is -5.70. The summed E-state index contributed by atoms with van der Waals surface area (Å²) in [5.41, 5.74) is -5.46. The van der Waals surface area contributed by atoms with Gasteiger partial charge in [-0.05, 0) is 0 Å². The van der Waals surface area contributed by atoms with Gasteiger partial charge < -0.3 is 0 Å². The third-order valence-electron chi connectivity index (χ3n) is 6.14. The second kappa shape index (κ2) is 18.1. The standard InChI is InChI=1S/C29H42F3IO4S/c1-2-3-4-5-6-7-8-9-10-11-12-13-14-18-25-36-28-23-21-27(22-24-28)33(26-19-16-15-17-20-26)37-38(34,35)29(30,31)32/h15-17,19-24H,2-14,18,25H2,1H3. The Morgan fingerprint density at radius 3 is 1.58 bits per heavy atom. The number of hydrogen-bond acceptors (Lipinski definition) is 4. The van der Waals surface area contributed by atoms with E-state index in [1.54, 1.807) is 54.6 Å². The molecule has 2 rings (SSSR count). The van der Waals surface area contributed by atoms with Crippen LogP contribution in [0.15, 0.2) is 54.6 Å². The van der Waals surface area contributed by atoms with Gasteiger partial charge in [-0.3, -0.25) is 0 Å². The van der Waals surface area contributed by atoms with Crippen LogP contribution in [0, 0.1) is 7.14 Å². The Hall–Kier alpha value is -1.33. The van der Waals surface area contributed by atoms with Gasteiger partial charge in [-0.15, -0.1) is 0 Å². The van der Waals surface area contributed by atoms with Crippen molar-refractivity contribution in [3.63, 3.8) is 0 Å². The van der Waals surface area contributed by atoms with Gasteiger partial charge in [-0.1, -0.05) is 58.3 Å². The van der Waals surface area contributed by atoms with Crippen molar-refractivity contribution < 1.29 is 28.8 Å². The molecule has 9 heteroatoms. The van der Waals surface area contributed by atoms with Crippen LogP contribution in [0.4, 0.5) is 13.2 Å². The normalized spacial score (nSPS) is 12.5. The molecule has 0 saturated carbocycles. The van der Waals surface area contributed by atoms with Crippen LogP contribution in [0.1, 0.15) is 96.8 Å². The van der Waals surface area contributed by atoms with Crippen LogP contribution in [0.5, 0.6) is 5.75 Å². The Kier molecular flexibility index (Phi) is 15.7. The number of alkyl halides is 3. The van der Waals surface area contributed by atoms with Gasteiger partial charge in [0.25, 0.3) is 0 Å². The molecule has 0 heterocycles. The van der Waals surface area contributed by atoms with E-state index < -0.39 is 35.9 Å². The molecule has 0 fully saturated rings. The predicted molar refractivity (Wildman–Crippen MR) is 156 cm³/mol. The van der Waals surface area contributed by atoms with Gasteiger partial charge in [0, 0.05) is 0 Å². The zero-order valence-corrected chi connectivity index (χ0v) is 25.3. The van der Waals surface area contributed by atoms with Gasteiger partial charge in [-0.2, -0.15) is 0 Å². The van der Waals surface area contributed by atoms with Crippen molar-refractivity contribution in [2.75, 3.05) is 6.61 Å². The van der Waals surface area contributed by atoms with E-state index >= 15 is 0 Å². The molecule has 38 heavy (non-hydrogen) atoms. The molecule has 0 aliphatic carbocycles. The molecule has 0 aliphatic heterocycles. The van der Waals surface area contributed by atoms with E-state index in [1.165, 1.54) is 77.0 Å².